The predicted molar refractivity (Wildman–Crippen MR) is 119 cm³/mol. The van der Waals surface area contributed by atoms with Gasteiger partial charge in [0.2, 0.25) is 5.91 Å². The summed E-state index contributed by atoms with van der Waals surface area (Å²) in [6, 6.07) is 14.2. The van der Waals surface area contributed by atoms with Crippen molar-refractivity contribution in [1.29, 1.82) is 0 Å². The summed E-state index contributed by atoms with van der Waals surface area (Å²) in [7, 11) is 0. The van der Waals surface area contributed by atoms with E-state index in [1.54, 1.807) is 19.4 Å². The number of aryl methyl sites for hydroxylation is 1. The second-order valence-corrected chi connectivity index (χ2v) is 8.16. The number of amides is 4. The average Bonchev–Trinajstić information content (AvgIpc) is 3.38. The van der Waals surface area contributed by atoms with Gasteiger partial charge in [-0.2, -0.15) is 0 Å². The minimum absolute atomic E-state index is 0.288. The molecule has 0 radical (unpaired) electrons. The first kappa shape index (κ1) is 21.3. The van der Waals surface area contributed by atoms with E-state index in [1.807, 2.05) is 73.1 Å². The van der Waals surface area contributed by atoms with E-state index in [-0.39, 0.29) is 12.6 Å². The van der Waals surface area contributed by atoms with E-state index in [4.69, 9.17) is 0 Å². The maximum atomic E-state index is 13.0. The number of benzene rings is 2. The second-order valence-electron chi connectivity index (χ2n) is 8.16. The largest absolute Gasteiger partial charge is 0.348 e. The Kier molecular flexibility index (Phi) is 5.52. The molecule has 1 aliphatic heterocycles. The molecule has 0 unspecified atom stereocenters. The van der Waals surface area contributed by atoms with E-state index in [2.05, 4.69) is 15.6 Å². The number of imidazole rings is 1. The van der Waals surface area contributed by atoms with Crippen molar-refractivity contribution < 1.29 is 14.4 Å². The lowest BCUT2D eigenvalue weighted by atomic mass is 9.91. The van der Waals surface area contributed by atoms with Crippen molar-refractivity contribution in [2.45, 2.75) is 32.4 Å². The molecule has 1 aliphatic rings. The molecule has 8 heteroatoms. The molecule has 1 fully saturated rings. The highest BCUT2D eigenvalue weighted by molar-refractivity contribution is 6.09. The van der Waals surface area contributed by atoms with Crippen molar-refractivity contribution in [3.05, 3.63) is 83.9 Å². The smallest absolute Gasteiger partial charge is 0.325 e. The lowest BCUT2D eigenvalue weighted by Crippen LogP contribution is -2.43. The molecule has 1 saturated heterocycles. The fourth-order valence-corrected chi connectivity index (χ4v) is 3.78. The van der Waals surface area contributed by atoms with Gasteiger partial charge in [-0.15, -0.1) is 0 Å². The van der Waals surface area contributed by atoms with Crippen molar-refractivity contribution in [1.82, 2.24) is 25.1 Å². The minimum atomic E-state index is -1.19. The summed E-state index contributed by atoms with van der Waals surface area (Å²) in [5, 5.41) is 5.59. The lowest BCUT2D eigenvalue weighted by Gasteiger charge is -2.22. The van der Waals surface area contributed by atoms with Gasteiger partial charge in [0.05, 0.1) is 12.4 Å². The number of nitrogens with zero attached hydrogens (tertiary/aromatic N) is 3. The van der Waals surface area contributed by atoms with Crippen molar-refractivity contribution in [3.8, 4) is 5.69 Å². The zero-order valence-electron chi connectivity index (χ0n) is 18.2. The number of aromatic nitrogens is 2. The number of carbonyl (C=O) groups excluding carboxylic acids is 3. The molecule has 0 spiro atoms. The molecular weight excluding hydrogens is 406 g/mol. The van der Waals surface area contributed by atoms with Gasteiger partial charge >= 0.3 is 6.03 Å². The van der Waals surface area contributed by atoms with Crippen LogP contribution in [0.2, 0.25) is 0 Å². The van der Waals surface area contributed by atoms with Crippen LogP contribution in [0.15, 0.2) is 67.3 Å². The number of hydrogen-bond donors (Lipinski definition) is 2. The number of nitrogens with one attached hydrogen (secondary N) is 2. The van der Waals surface area contributed by atoms with Crippen LogP contribution in [0, 0.1) is 6.92 Å². The van der Waals surface area contributed by atoms with Crippen LogP contribution in [0.5, 0.6) is 0 Å². The Morgan fingerprint density at radius 1 is 1.12 bits per heavy atom. The van der Waals surface area contributed by atoms with Gasteiger partial charge in [0.15, 0.2) is 0 Å². The van der Waals surface area contributed by atoms with E-state index < -0.39 is 23.4 Å². The molecule has 32 heavy (non-hydrogen) atoms. The van der Waals surface area contributed by atoms with Crippen LogP contribution in [0.4, 0.5) is 4.79 Å². The Morgan fingerprint density at radius 2 is 1.81 bits per heavy atom. The highest BCUT2D eigenvalue weighted by Crippen LogP contribution is 2.29. The Bertz CT molecular complexity index is 1140. The van der Waals surface area contributed by atoms with Gasteiger partial charge in [-0.3, -0.25) is 14.5 Å². The fourth-order valence-electron chi connectivity index (χ4n) is 3.78. The summed E-state index contributed by atoms with van der Waals surface area (Å²) in [5.41, 5.74) is 2.40. The molecule has 2 atom stereocenters. The van der Waals surface area contributed by atoms with Gasteiger partial charge in [0.25, 0.3) is 5.91 Å². The predicted octanol–water partition coefficient (Wildman–Crippen LogP) is 2.83. The summed E-state index contributed by atoms with van der Waals surface area (Å²) >= 11 is 0. The molecule has 3 aromatic rings. The SMILES string of the molecule is Cc1ccc([C@]2(C)NC(=O)N(CC(=O)N[C@@H](C)c3ccc(-n4ccnc4)cc3)C2=O)cc1. The third-order valence-electron chi connectivity index (χ3n) is 5.78. The number of imide groups is 1. The highest BCUT2D eigenvalue weighted by atomic mass is 16.2. The topological polar surface area (TPSA) is 96.3 Å². The first-order valence-corrected chi connectivity index (χ1v) is 10.4. The number of hydrogen-bond acceptors (Lipinski definition) is 4. The van der Waals surface area contributed by atoms with Gasteiger partial charge in [0, 0.05) is 18.1 Å². The average molecular weight is 431 g/mol. The normalized spacial score (nSPS) is 19.0. The first-order chi connectivity index (χ1) is 15.3. The lowest BCUT2D eigenvalue weighted by molar-refractivity contribution is -0.135. The molecule has 4 amide bonds. The maximum Gasteiger partial charge on any atom is 0.325 e. The fraction of sp³-hybridized carbons (Fsp3) is 0.250. The summed E-state index contributed by atoms with van der Waals surface area (Å²) in [6.45, 7) is 5.11. The van der Waals surface area contributed by atoms with Crippen LogP contribution in [0.3, 0.4) is 0 Å². The van der Waals surface area contributed by atoms with E-state index in [0.717, 1.165) is 21.7 Å². The van der Waals surface area contributed by atoms with Gasteiger partial charge in [-0.1, -0.05) is 42.0 Å². The van der Waals surface area contributed by atoms with Gasteiger partial charge in [-0.25, -0.2) is 9.78 Å². The molecule has 0 bridgehead atoms. The zero-order chi connectivity index (χ0) is 22.9. The van der Waals surface area contributed by atoms with Crippen LogP contribution in [0.25, 0.3) is 5.69 Å². The van der Waals surface area contributed by atoms with Crippen LogP contribution in [-0.2, 0) is 15.1 Å². The Morgan fingerprint density at radius 3 is 2.44 bits per heavy atom. The third kappa shape index (κ3) is 3.99. The maximum absolute atomic E-state index is 13.0. The van der Waals surface area contributed by atoms with E-state index in [9.17, 15) is 14.4 Å². The minimum Gasteiger partial charge on any atom is -0.348 e. The molecule has 2 N–H and O–H groups in total. The third-order valence-corrected chi connectivity index (χ3v) is 5.78. The molecule has 164 valence electrons. The van der Waals surface area contributed by atoms with Gasteiger partial charge in [0.1, 0.15) is 12.1 Å². The van der Waals surface area contributed by atoms with E-state index in [0.29, 0.717) is 5.56 Å². The molecule has 4 rings (SSSR count). The second kappa shape index (κ2) is 8.30. The Balaban J connectivity index is 1.40. The standard InChI is InChI=1S/C24H25N5O3/c1-16-4-8-19(9-5-16)24(3)22(31)29(23(32)27-24)14-21(30)26-17(2)18-6-10-20(11-7-18)28-13-12-25-15-28/h4-13,15,17H,14H2,1-3H3,(H,26,30)(H,27,32)/t17-,24-/m0/s1. The molecule has 0 aliphatic carbocycles. The number of rotatable bonds is 6. The highest BCUT2D eigenvalue weighted by Gasteiger charge is 2.49. The molecule has 1 aromatic heterocycles. The zero-order valence-corrected chi connectivity index (χ0v) is 18.2. The van der Waals surface area contributed by atoms with Gasteiger partial charge < -0.3 is 15.2 Å². The monoisotopic (exact) mass is 431 g/mol. The van der Waals surface area contributed by atoms with Crippen molar-refractivity contribution >= 4 is 17.8 Å². The first-order valence-electron chi connectivity index (χ1n) is 10.4. The Hall–Kier alpha value is -3.94. The summed E-state index contributed by atoms with van der Waals surface area (Å²) in [4.78, 5) is 43.1. The van der Waals surface area contributed by atoms with Gasteiger partial charge in [-0.05, 0) is 44.0 Å². The van der Waals surface area contributed by atoms with Crippen LogP contribution < -0.4 is 10.6 Å². The molecular formula is C24H25N5O3. The summed E-state index contributed by atoms with van der Waals surface area (Å²) in [6.07, 6.45) is 5.27. The summed E-state index contributed by atoms with van der Waals surface area (Å²) < 4.78 is 1.88. The molecule has 2 heterocycles. The van der Waals surface area contributed by atoms with Crippen molar-refractivity contribution in [3.63, 3.8) is 0 Å². The quantitative estimate of drug-likeness (QED) is 0.587. The Labute approximate surface area is 186 Å². The molecule has 8 nitrogen and oxygen atoms in total. The number of carbonyl (C=O) groups is 3. The van der Waals surface area contributed by atoms with Crippen molar-refractivity contribution in [2.75, 3.05) is 6.54 Å². The molecule has 0 saturated carbocycles. The van der Waals surface area contributed by atoms with Crippen LogP contribution in [-0.4, -0.2) is 38.8 Å². The number of urea groups is 1. The van der Waals surface area contributed by atoms with E-state index >= 15 is 0 Å². The molecule has 2 aromatic carbocycles. The van der Waals surface area contributed by atoms with Crippen molar-refractivity contribution in [2.24, 2.45) is 0 Å². The van der Waals surface area contributed by atoms with Crippen LogP contribution >= 0.6 is 0 Å². The van der Waals surface area contributed by atoms with Crippen LogP contribution in [0.1, 0.15) is 36.6 Å². The van der Waals surface area contributed by atoms with E-state index in [1.165, 1.54) is 0 Å². The summed E-state index contributed by atoms with van der Waals surface area (Å²) in [5.74, 6) is -0.855.